The van der Waals surface area contributed by atoms with Gasteiger partial charge in [0.05, 0.1) is 17.3 Å². The molecule has 0 aliphatic heterocycles. The monoisotopic (exact) mass is 481 g/mol. The number of hydroxylamine groups is 2. The molecule has 2 rings (SSSR count). The van der Waals surface area contributed by atoms with Gasteiger partial charge in [0, 0.05) is 6.54 Å². The zero-order valence-electron chi connectivity index (χ0n) is 18.5. The summed E-state index contributed by atoms with van der Waals surface area (Å²) in [5.41, 5.74) is 0.557. The molecule has 0 aliphatic carbocycles. The molecule has 33 heavy (non-hydrogen) atoms. The highest BCUT2D eigenvalue weighted by Gasteiger charge is 2.26. The Labute approximate surface area is 192 Å². The van der Waals surface area contributed by atoms with Crippen LogP contribution in [-0.4, -0.2) is 54.9 Å². The molecule has 0 unspecified atom stereocenters. The number of hydrogen-bond acceptors (Lipinski definition) is 9. The Bertz CT molecular complexity index is 832. The molecule has 0 saturated heterocycles. The fourth-order valence-corrected chi connectivity index (χ4v) is 3.57. The lowest BCUT2D eigenvalue weighted by Gasteiger charge is -2.19. The fourth-order valence-electron chi connectivity index (χ4n) is 2.28. The summed E-state index contributed by atoms with van der Waals surface area (Å²) in [6.45, 7) is 2.52. The number of carbonyl (C=O) groups excluding carboxylic acids is 3. The highest BCUT2D eigenvalue weighted by Crippen LogP contribution is 2.48. The lowest BCUT2D eigenvalue weighted by atomic mass is 10.2. The molecular weight excluding hydrogens is 453 g/mol. The van der Waals surface area contributed by atoms with Crippen molar-refractivity contribution in [3.05, 3.63) is 71.8 Å². The van der Waals surface area contributed by atoms with Crippen LogP contribution in [0.3, 0.4) is 0 Å². The lowest BCUT2D eigenvalue weighted by molar-refractivity contribution is -0.149. The number of nitrogens with zero attached hydrogens (tertiary/aromatic N) is 1. The van der Waals surface area contributed by atoms with Gasteiger partial charge in [0.1, 0.15) is 0 Å². The van der Waals surface area contributed by atoms with Gasteiger partial charge in [-0.25, -0.2) is 14.7 Å². The largest absolute Gasteiger partial charge is 0.434 e. The van der Waals surface area contributed by atoms with Crippen LogP contribution in [0.1, 0.15) is 41.0 Å². The van der Waals surface area contributed by atoms with E-state index in [0.29, 0.717) is 5.06 Å². The molecule has 0 saturated carbocycles. The summed E-state index contributed by atoms with van der Waals surface area (Å²) in [5.74, 6) is -1.38. The van der Waals surface area contributed by atoms with Gasteiger partial charge >= 0.3 is 19.5 Å². The van der Waals surface area contributed by atoms with E-state index in [2.05, 4.69) is 0 Å². The molecule has 1 amide bonds. The van der Waals surface area contributed by atoms with E-state index in [4.69, 9.17) is 23.7 Å². The molecular formula is C22H28NO9P. The average Bonchev–Trinajstić information content (AvgIpc) is 2.86. The van der Waals surface area contributed by atoms with Crippen molar-refractivity contribution < 1.29 is 42.7 Å². The van der Waals surface area contributed by atoms with Crippen LogP contribution >= 0.6 is 7.60 Å². The Hall–Kier alpha value is -3.04. The maximum absolute atomic E-state index is 12.9. The standard InChI is InChI=1S/C20H22NO9P.C2H6/c22-14-21(25)12-7-13-31(26,29-15-27-19(23)17-8-3-1-4-9-17)30-16-28-20(24)18-10-5-2-6-11-18;1-2/h1-6,8-11,14,25H,7,12-13,15-16H2;1-2H3. The third-order valence-corrected chi connectivity index (χ3v) is 5.70. The predicted octanol–water partition coefficient (Wildman–Crippen LogP) is 4.11. The molecule has 0 heterocycles. The molecule has 0 spiro atoms. The first-order valence-corrected chi connectivity index (χ1v) is 11.9. The first-order valence-electron chi connectivity index (χ1n) is 10.2. The van der Waals surface area contributed by atoms with Gasteiger partial charge < -0.3 is 9.47 Å². The average molecular weight is 481 g/mol. The van der Waals surface area contributed by atoms with Crippen LogP contribution in [0.4, 0.5) is 0 Å². The van der Waals surface area contributed by atoms with Crippen LogP contribution in [0.2, 0.25) is 0 Å². The number of hydrogen-bond donors (Lipinski definition) is 1. The van der Waals surface area contributed by atoms with Crippen molar-refractivity contribution in [3.8, 4) is 0 Å². The third-order valence-electron chi connectivity index (χ3n) is 3.84. The maximum atomic E-state index is 12.9. The van der Waals surface area contributed by atoms with Crippen molar-refractivity contribution in [2.45, 2.75) is 20.3 Å². The molecule has 0 bridgehead atoms. The first kappa shape index (κ1) is 28.0. The molecule has 10 nitrogen and oxygen atoms in total. The van der Waals surface area contributed by atoms with Crippen molar-refractivity contribution in [1.82, 2.24) is 5.06 Å². The second kappa shape index (κ2) is 15.7. The molecule has 11 heteroatoms. The smallest absolute Gasteiger partial charge is 0.340 e. The Kier molecular flexibility index (Phi) is 13.3. The van der Waals surface area contributed by atoms with Crippen molar-refractivity contribution in [3.63, 3.8) is 0 Å². The zero-order valence-corrected chi connectivity index (χ0v) is 19.4. The topological polar surface area (TPSA) is 129 Å². The minimum absolute atomic E-state index is 0.0474. The van der Waals surface area contributed by atoms with Gasteiger partial charge in [-0.1, -0.05) is 50.2 Å². The van der Waals surface area contributed by atoms with Crippen LogP contribution in [0, 0.1) is 0 Å². The van der Waals surface area contributed by atoms with Crippen LogP contribution in [0.25, 0.3) is 0 Å². The van der Waals surface area contributed by atoms with Crippen molar-refractivity contribution in [2.24, 2.45) is 0 Å². The molecule has 0 radical (unpaired) electrons. The summed E-state index contributed by atoms with van der Waals surface area (Å²) in [7, 11) is -3.89. The second-order valence-electron chi connectivity index (χ2n) is 6.05. The van der Waals surface area contributed by atoms with Crippen LogP contribution in [-0.2, 0) is 27.9 Å². The van der Waals surface area contributed by atoms with Gasteiger partial charge in [-0.15, -0.1) is 0 Å². The molecule has 0 fully saturated rings. The van der Waals surface area contributed by atoms with Crippen LogP contribution in [0.15, 0.2) is 60.7 Å². The Balaban J connectivity index is 0.00000265. The highest BCUT2D eigenvalue weighted by atomic mass is 31.2. The van der Waals surface area contributed by atoms with E-state index in [-0.39, 0.29) is 36.7 Å². The van der Waals surface area contributed by atoms with E-state index in [0.717, 1.165) is 0 Å². The van der Waals surface area contributed by atoms with Gasteiger partial charge in [0.25, 0.3) is 0 Å². The van der Waals surface area contributed by atoms with Gasteiger partial charge in [0.2, 0.25) is 20.0 Å². The van der Waals surface area contributed by atoms with Crippen LogP contribution in [0.5, 0.6) is 0 Å². The number of rotatable bonds is 13. The minimum atomic E-state index is -3.89. The molecule has 2 aromatic carbocycles. The van der Waals surface area contributed by atoms with Gasteiger partial charge in [-0.2, -0.15) is 0 Å². The lowest BCUT2D eigenvalue weighted by Crippen LogP contribution is -2.19. The van der Waals surface area contributed by atoms with E-state index in [1.165, 1.54) is 24.3 Å². The summed E-state index contributed by atoms with van der Waals surface area (Å²) in [6.07, 6.45) is 0.00533. The van der Waals surface area contributed by atoms with E-state index in [1.54, 1.807) is 36.4 Å². The molecule has 0 aliphatic rings. The SMILES string of the molecule is CC.O=CN(O)CCCP(=O)(OCOC(=O)c1ccccc1)OCOC(=O)c1ccccc1. The maximum Gasteiger partial charge on any atom is 0.340 e. The molecule has 180 valence electrons. The third kappa shape index (κ3) is 10.9. The second-order valence-corrected chi connectivity index (χ2v) is 8.23. The first-order chi connectivity index (χ1) is 15.9. The summed E-state index contributed by atoms with van der Waals surface area (Å²) in [6, 6.07) is 16.2. The normalized spacial score (nSPS) is 10.4. The number of carbonyl (C=O) groups is 3. The minimum Gasteiger partial charge on any atom is -0.434 e. The Morgan fingerprint density at radius 2 is 1.30 bits per heavy atom. The van der Waals surface area contributed by atoms with E-state index in [1.807, 2.05) is 13.8 Å². The number of ether oxygens (including phenoxy) is 2. The molecule has 0 atom stereocenters. The van der Waals surface area contributed by atoms with E-state index < -0.39 is 33.1 Å². The summed E-state index contributed by atoms with van der Waals surface area (Å²) in [4.78, 5) is 34.4. The summed E-state index contributed by atoms with van der Waals surface area (Å²) >= 11 is 0. The fraction of sp³-hybridized carbons (Fsp3) is 0.318. The van der Waals surface area contributed by atoms with Gasteiger partial charge in [-0.05, 0) is 30.7 Å². The van der Waals surface area contributed by atoms with Crippen molar-refractivity contribution in [2.75, 3.05) is 26.3 Å². The summed E-state index contributed by atoms with van der Waals surface area (Å²) < 4.78 is 33.0. The molecule has 2 aromatic rings. The van der Waals surface area contributed by atoms with Crippen molar-refractivity contribution >= 4 is 25.9 Å². The van der Waals surface area contributed by atoms with Crippen LogP contribution < -0.4 is 0 Å². The van der Waals surface area contributed by atoms with Gasteiger partial charge in [0.15, 0.2) is 0 Å². The number of esters is 2. The predicted molar refractivity (Wildman–Crippen MR) is 119 cm³/mol. The quantitative estimate of drug-likeness (QED) is 0.112. The van der Waals surface area contributed by atoms with E-state index in [9.17, 15) is 18.9 Å². The number of amides is 1. The summed E-state index contributed by atoms with van der Waals surface area (Å²) in [5, 5.41) is 9.53. The van der Waals surface area contributed by atoms with E-state index >= 15 is 0 Å². The Morgan fingerprint density at radius 1 is 0.879 bits per heavy atom. The van der Waals surface area contributed by atoms with Gasteiger partial charge in [-0.3, -0.25) is 23.6 Å². The molecule has 0 aromatic heterocycles. The Morgan fingerprint density at radius 3 is 1.70 bits per heavy atom. The highest BCUT2D eigenvalue weighted by molar-refractivity contribution is 7.53. The molecule has 1 N–H and O–H groups in total. The van der Waals surface area contributed by atoms with Crippen molar-refractivity contribution in [1.29, 1.82) is 0 Å². The number of benzene rings is 2. The zero-order chi connectivity index (χ0) is 24.5.